The summed E-state index contributed by atoms with van der Waals surface area (Å²) in [7, 11) is -4.64. The quantitative estimate of drug-likeness (QED) is 0.308. The van der Waals surface area contributed by atoms with Gasteiger partial charge in [-0.25, -0.2) is 4.57 Å². The molecule has 0 spiro atoms. The van der Waals surface area contributed by atoms with E-state index in [0.29, 0.717) is 0 Å². The molecule has 0 aromatic rings. The van der Waals surface area contributed by atoms with E-state index in [2.05, 4.69) is 0 Å². The van der Waals surface area contributed by atoms with Crippen molar-refractivity contribution in [2.75, 3.05) is 0 Å². The molecule has 0 fully saturated rings. The number of rotatable bonds is 0. The van der Waals surface area contributed by atoms with Crippen LogP contribution in [0, 0.1) is 0 Å². The molecule has 47 valence electrons. The molecule has 3 N–H and O–H groups in total. The molecular formula is H5CuMgO4P. The molecule has 7 heavy (non-hydrogen) atoms. The van der Waals surface area contributed by atoms with Crippen LogP contribution in [0.4, 0.5) is 0 Å². The molecule has 4 nitrogen and oxygen atoms in total. The summed E-state index contributed by atoms with van der Waals surface area (Å²) in [5, 5.41) is 0. The van der Waals surface area contributed by atoms with Gasteiger partial charge in [0, 0.05) is 17.1 Å². The third-order valence-corrected chi connectivity index (χ3v) is 0. The number of hydrogen-bond donors (Lipinski definition) is 3. The van der Waals surface area contributed by atoms with Crippen molar-refractivity contribution >= 4 is 30.9 Å². The van der Waals surface area contributed by atoms with Gasteiger partial charge in [-0.1, -0.05) is 0 Å². The van der Waals surface area contributed by atoms with Gasteiger partial charge < -0.3 is 14.7 Å². The van der Waals surface area contributed by atoms with Crippen molar-refractivity contribution in [2.45, 2.75) is 0 Å². The van der Waals surface area contributed by atoms with Crippen LogP contribution in [0.2, 0.25) is 0 Å². The number of phosphoric acid groups is 1. The van der Waals surface area contributed by atoms with Crippen LogP contribution in [0.5, 0.6) is 0 Å². The van der Waals surface area contributed by atoms with E-state index in [1.165, 1.54) is 0 Å². The second-order valence-corrected chi connectivity index (χ2v) is 1.54. The van der Waals surface area contributed by atoms with Crippen molar-refractivity contribution in [1.29, 1.82) is 0 Å². The van der Waals surface area contributed by atoms with Gasteiger partial charge in [0.05, 0.1) is 0 Å². The molecule has 0 aromatic carbocycles. The van der Waals surface area contributed by atoms with E-state index in [1.807, 2.05) is 0 Å². The minimum Gasteiger partial charge on any atom is -0.303 e. The molecule has 7 heteroatoms. The molecule has 0 aromatic heterocycles. The van der Waals surface area contributed by atoms with Crippen LogP contribution in [0.15, 0.2) is 0 Å². The molecular weight excluding hydrogens is 183 g/mol. The minimum absolute atomic E-state index is 0. The minimum atomic E-state index is -4.64. The standard InChI is InChI=1S/Cu.Mg.H3O4P.2H/c;;1-5(2,3)4;;/h;;(H3,1,2,3,4);;. The third kappa shape index (κ3) is 111. The molecule has 0 saturated carbocycles. The van der Waals surface area contributed by atoms with Gasteiger partial charge in [0.15, 0.2) is 0 Å². The first kappa shape index (κ1) is 15.8. The van der Waals surface area contributed by atoms with Gasteiger partial charge >= 0.3 is 30.9 Å². The summed E-state index contributed by atoms with van der Waals surface area (Å²) in [6.45, 7) is 0. The van der Waals surface area contributed by atoms with Gasteiger partial charge in [-0.2, -0.15) is 0 Å². The second kappa shape index (κ2) is 5.53. The SMILES string of the molecule is O=P(O)(O)O.[Cu].[MgH2]. The Hall–Kier alpha value is 1.40. The summed E-state index contributed by atoms with van der Waals surface area (Å²) < 4.78 is 8.88. The van der Waals surface area contributed by atoms with E-state index >= 15 is 0 Å². The fourth-order valence-electron chi connectivity index (χ4n) is 0. The summed E-state index contributed by atoms with van der Waals surface area (Å²) in [4.78, 5) is 21.6. The van der Waals surface area contributed by atoms with E-state index in [0.717, 1.165) is 0 Å². The zero-order chi connectivity index (χ0) is 4.50. The van der Waals surface area contributed by atoms with Crippen LogP contribution < -0.4 is 0 Å². The van der Waals surface area contributed by atoms with E-state index < -0.39 is 7.82 Å². The zero-order valence-electron chi connectivity index (χ0n) is 2.50. The van der Waals surface area contributed by atoms with E-state index in [4.69, 9.17) is 19.2 Å². The maximum Gasteiger partial charge on any atom is 0.466 e. The van der Waals surface area contributed by atoms with Gasteiger partial charge in [-0.05, 0) is 0 Å². The van der Waals surface area contributed by atoms with Crippen LogP contribution in [0.25, 0.3) is 0 Å². The van der Waals surface area contributed by atoms with Crippen LogP contribution in [-0.4, -0.2) is 37.7 Å². The molecule has 0 heterocycles. The van der Waals surface area contributed by atoms with Crippen LogP contribution in [0.1, 0.15) is 0 Å². The predicted molar refractivity (Wildman–Crippen MR) is 22.8 cm³/mol. The first-order valence-corrected chi connectivity index (χ1v) is 2.35. The fraction of sp³-hybridized carbons (Fsp3) is 0. The van der Waals surface area contributed by atoms with Crippen LogP contribution in [-0.2, 0) is 21.6 Å². The van der Waals surface area contributed by atoms with Crippen molar-refractivity contribution in [2.24, 2.45) is 0 Å². The molecule has 0 rings (SSSR count). The maximum absolute atomic E-state index is 8.88. The van der Waals surface area contributed by atoms with Gasteiger partial charge in [0.25, 0.3) is 0 Å². The molecule has 0 bridgehead atoms. The average molecular weight is 188 g/mol. The van der Waals surface area contributed by atoms with E-state index in [1.54, 1.807) is 0 Å². The average Bonchev–Trinajstić information content (AvgIpc) is 0.722. The van der Waals surface area contributed by atoms with Crippen molar-refractivity contribution in [1.82, 2.24) is 0 Å². The fourth-order valence-corrected chi connectivity index (χ4v) is 0. The zero-order valence-corrected chi connectivity index (χ0v) is 4.33. The summed E-state index contributed by atoms with van der Waals surface area (Å²) >= 11 is 0. The Morgan fingerprint density at radius 3 is 1.14 bits per heavy atom. The van der Waals surface area contributed by atoms with Gasteiger partial charge in [0.2, 0.25) is 0 Å². The Balaban J connectivity index is -0.0000000800. The Labute approximate surface area is 67.2 Å². The third-order valence-electron chi connectivity index (χ3n) is 0. The van der Waals surface area contributed by atoms with E-state index in [9.17, 15) is 0 Å². The molecule has 0 unspecified atom stereocenters. The normalized spacial score (nSPS) is 8.43. The Morgan fingerprint density at radius 2 is 1.14 bits per heavy atom. The van der Waals surface area contributed by atoms with Crippen LogP contribution >= 0.6 is 7.82 Å². The smallest absolute Gasteiger partial charge is 0.303 e. The van der Waals surface area contributed by atoms with Crippen molar-refractivity contribution in [3.05, 3.63) is 0 Å². The largest absolute Gasteiger partial charge is 0.466 e. The second-order valence-electron chi connectivity index (χ2n) is 0.513. The molecule has 0 aliphatic rings. The maximum atomic E-state index is 8.88. The first-order chi connectivity index (χ1) is 2.00. The molecule has 0 saturated heterocycles. The van der Waals surface area contributed by atoms with Gasteiger partial charge in [-0.3, -0.25) is 0 Å². The molecule has 0 aliphatic carbocycles. The van der Waals surface area contributed by atoms with Gasteiger partial charge in [0.1, 0.15) is 0 Å². The molecule has 0 aliphatic heterocycles. The van der Waals surface area contributed by atoms with Crippen molar-refractivity contribution in [3.63, 3.8) is 0 Å². The van der Waals surface area contributed by atoms with E-state index in [-0.39, 0.29) is 40.1 Å². The predicted octanol–water partition coefficient (Wildman–Crippen LogP) is -1.85. The molecule has 1 radical (unpaired) electrons. The summed E-state index contributed by atoms with van der Waals surface area (Å²) in [5.74, 6) is 0. The van der Waals surface area contributed by atoms with Crippen LogP contribution in [0.3, 0.4) is 0 Å². The molecule has 0 amide bonds. The Kier molecular flexibility index (Phi) is 12.5. The van der Waals surface area contributed by atoms with Crippen molar-refractivity contribution < 1.29 is 36.3 Å². The Bertz CT molecular complexity index is 57.8. The first-order valence-electron chi connectivity index (χ1n) is 0.783. The topological polar surface area (TPSA) is 77.8 Å². The summed E-state index contributed by atoms with van der Waals surface area (Å²) in [5.41, 5.74) is 0. The molecule has 0 atom stereocenters. The monoisotopic (exact) mass is 187 g/mol. The van der Waals surface area contributed by atoms with Crippen molar-refractivity contribution in [3.8, 4) is 0 Å². The summed E-state index contributed by atoms with van der Waals surface area (Å²) in [6, 6.07) is 0. The Morgan fingerprint density at radius 1 is 1.14 bits per heavy atom. The number of hydrogen-bond acceptors (Lipinski definition) is 1. The summed E-state index contributed by atoms with van der Waals surface area (Å²) in [6.07, 6.45) is 0. The van der Waals surface area contributed by atoms with Gasteiger partial charge in [-0.15, -0.1) is 0 Å².